The molecule has 0 bridgehead atoms. The minimum absolute atomic E-state index is 0.648. The molecule has 0 N–H and O–H groups in total. The Morgan fingerprint density at radius 3 is 0.742 bits per heavy atom. The van der Waals surface area contributed by atoms with Crippen molar-refractivity contribution in [2.75, 3.05) is 0 Å². The van der Waals surface area contributed by atoms with Crippen LogP contribution in [0.3, 0.4) is 0 Å². The molecular formula is C31H63. The molecule has 0 saturated heterocycles. The Balaban J connectivity index is 2.99. The summed E-state index contributed by atoms with van der Waals surface area (Å²) in [5.74, 6) is 0.648. The van der Waals surface area contributed by atoms with E-state index in [1.54, 1.807) is 0 Å². The number of unbranched alkanes of at least 4 members (excludes halogenated alkanes) is 25. The zero-order valence-electron chi connectivity index (χ0n) is 22.4. The first kappa shape index (κ1) is 31.0. The van der Waals surface area contributed by atoms with Gasteiger partial charge in [-0.15, -0.1) is 0 Å². The van der Waals surface area contributed by atoms with E-state index in [4.69, 9.17) is 0 Å². The van der Waals surface area contributed by atoms with Crippen LogP contribution in [0.5, 0.6) is 0 Å². The van der Waals surface area contributed by atoms with Crippen molar-refractivity contribution in [3.8, 4) is 0 Å². The molecule has 187 valence electrons. The lowest BCUT2D eigenvalue weighted by Gasteiger charge is -2.05. The Kier molecular flexibility index (Phi) is 28.0. The van der Waals surface area contributed by atoms with E-state index in [1.165, 1.54) is 173 Å². The topological polar surface area (TPSA) is 0 Å². The Labute approximate surface area is 200 Å². The quantitative estimate of drug-likeness (QED) is 0.112. The molecule has 0 aliphatic rings. The lowest BCUT2D eigenvalue weighted by atomic mass is 10.0. The Morgan fingerprint density at radius 2 is 0.548 bits per heavy atom. The van der Waals surface area contributed by atoms with Gasteiger partial charge in [0.25, 0.3) is 0 Å². The van der Waals surface area contributed by atoms with E-state index < -0.39 is 0 Å². The largest absolute Gasteiger partial charge is 0.0654 e. The van der Waals surface area contributed by atoms with Crippen molar-refractivity contribution in [2.24, 2.45) is 5.92 Å². The Hall–Kier alpha value is 0. The van der Waals surface area contributed by atoms with Gasteiger partial charge in [0, 0.05) is 0 Å². The van der Waals surface area contributed by atoms with Crippen molar-refractivity contribution in [1.82, 2.24) is 0 Å². The van der Waals surface area contributed by atoms with Crippen molar-refractivity contribution in [3.63, 3.8) is 0 Å². The van der Waals surface area contributed by atoms with E-state index in [0.29, 0.717) is 5.92 Å². The van der Waals surface area contributed by atoms with Crippen LogP contribution in [0.2, 0.25) is 0 Å². The highest BCUT2D eigenvalue weighted by Gasteiger charge is 1.97. The summed E-state index contributed by atoms with van der Waals surface area (Å²) in [4.78, 5) is 0. The predicted molar refractivity (Wildman–Crippen MR) is 145 cm³/mol. The molecule has 0 heteroatoms. The first-order valence-corrected chi connectivity index (χ1v) is 15.1. The molecule has 0 heterocycles. The molecule has 0 rings (SSSR count). The van der Waals surface area contributed by atoms with Crippen molar-refractivity contribution in [3.05, 3.63) is 6.92 Å². The zero-order valence-corrected chi connectivity index (χ0v) is 22.4. The molecular weight excluding hydrogens is 372 g/mol. The van der Waals surface area contributed by atoms with E-state index >= 15 is 0 Å². The number of rotatable bonds is 27. The molecule has 1 atom stereocenters. The lowest BCUT2D eigenvalue weighted by Crippen LogP contribution is -1.87. The summed E-state index contributed by atoms with van der Waals surface area (Å²) in [5, 5.41) is 0. The average Bonchev–Trinajstić information content (AvgIpc) is 2.76. The normalized spacial score (nSPS) is 11.6. The summed E-state index contributed by atoms with van der Waals surface area (Å²) >= 11 is 0. The molecule has 1 radical (unpaired) electrons. The summed E-state index contributed by atoms with van der Waals surface area (Å²) in [6.07, 6.45) is 39.6. The van der Waals surface area contributed by atoms with Crippen molar-refractivity contribution < 1.29 is 0 Å². The highest BCUT2D eigenvalue weighted by atomic mass is 14.0. The fraction of sp³-hybridized carbons (Fsp3) is 0.968. The van der Waals surface area contributed by atoms with Gasteiger partial charge in [-0.25, -0.2) is 0 Å². The first-order chi connectivity index (χ1) is 15.3. The molecule has 0 aliphatic carbocycles. The minimum Gasteiger partial charge on any atom is -0.0654 e. The summed E-state index contributed by atoms with van der Waals surface area (Å²) in [6, 6.07) is 0. The third-order valence-corrected chi connectivity index (χ3v) is 7.05. The number of hydrogen-bond donors (Lipinski definition) is 0. The second-order valence-corrected chi connectivity index (χ2v) is 10.7. The third kappa shape index (κ3) is 30.0. The Bertz CT molecular complexity index is 292. The van der Waals surface area contributed by atoms with Gasteiger partial charge >= 0.3 is 0 Å². The standard InChI is InChI=1S/C31H63/c1-4-5-6-7-8-9-10-11-12-13-14-15-16-17-18-19-20-21-22-23-24-25-26-27-28-29-30-31(2)3/h31H,2,4-30H2,1,3H3. The van der Waals surface area contributed by atoms with Gasteiger partial charge in [0.05, 0.1) is 0 Å². The molecule has 0 nitrogen and oxygen atoms in total. The second kappa shape index (κ2) is 28.0. The van der Waals surface area contributed by atoms with Crippen LogP contribution in [0.4, 0.5) is 0 Å². The van der Waals surface area contributed by atoms with E-state index in [9.17, 15) is 0 Å². The van der Waals surface area contributed by atoms with Crippen LogP contribution in [0, 0.1) is 12.8 Å². The van der Waals surface area contributed by atoms with Gasteiger partial charge < -0.3 is 0 Å². The van der Waals surface area contributed by atoms with E-state index in [-0.39, 0.29) is 0 Å². The van der Waals surface area contributed by atoms with Gasteiger partial charge in [-0.05, 0) is 5.92 Å². The third-order valence-electron chi connectivity index (χ3n) is 7.05. The summed E-state index contributed by atoms with van der Waals surface area (Å²) in [5.41, 5.74) is 0. The van der Waals surface area contributed by atoms with Crippen LogP contribution in [0.1, 0.15) is 187 Å². The van der Waals surface area contributed by atoms with Crippen molar-refractivity contribution in [2.45, 2.75) is 187 Å². The maximum Gasteiger partial charge on any atom is -0.0443 e. The van der Waals surface area contributed by atoms with Crippen LogP contribution in [0.15, 0.2) is 0 Å². The van der Waals surface area contributed by atoms with Gasteiger partial charge in [-0.3, -0.25) is 0 Å². The number of hydrogen-bond acceptors (Lipinski definition) is 0. The second-order valence-electron chi connectivity index (χ2n) is 10.7. The highest BCUT2D eigenvalue weighted by Crippen LogP contribution is 2.16. The zero-order chi connectivity index (χ0) is 22.7. The predicted octanol–water partition coefficient (Wildman–Crippen LogP) is 12.0. The average molecular weight is 436 g/mol. The van der Waals surface area contributed by atoms with Crippen LogP contribution in [-0.2, 0) is 0 Å². The van der Waals surface area contributed by atoms with Gasteiger partial charge in [0.2, 0.25) is 0 Å². The maximum absolute atomic E-state index is 4.07. The van der Waals surface area contributed by atoms with Crippen LogP contribution in [0.25, 0.3) is 0 Å². The van der Waals surface area contributed by atoms with Gasteiger partial charge in [-0.2, -0.15) is 0 Å². The van der Waals surface area contributed by atoms with E-state index in [0.717, 1.165) is 0 Å². The van der Waals surface area contributed by atoms with Crippen LogP contribution in [-0.4, -0.2) is 0 Å². The van der Waals surface area contributed by atoms with Crippen molar-refractivity contribution in [1.29, 1.82) is 0 Å². The summed E-state index contributed by atoms with van der Waals surface area (Å²) in [6.45, 7) is 8.61. The molecule has 0 aromatic heterocycles. The molecule has 0 fully saturated rings. The van der Waals surface area contributed by atoms with E-state index in [2.05, 4.69) is 20.8 Å². The SMILES string of the molecule is [CH2]C(C)CCCCCCCCCCCCCCCCCCCCCCCCCCCC. The Morgan fingerprint density at radius 1 is 0.355 bits per heavy atom. The smallest absolute Gasteiger partial charge is 0.0443 e. The monoisotopic (exact) mass is 435 g/mol. The molecule has 0 aromatic rings. The van der Waals surface area contributed by atoms with Crippen molar-refractivity contribution >= 4 is 0 Å². The first-order valence-electron chi connectivity index (χ1n) is 15.1. The van der Waals surface area contributed by atoms with Gasteiger partial charge in [0.15, 0.2) is 0 Å². The molecule has 0 saturated carbocycles. The highest BCUT2D eigenvalue weighted by molar-refractivity contribution is 4.55. The molecule has 0 aromatic carbocycles. The molecule has 0 aliphatic heterocycles. The molecule has 1 unspecified atom stereocenters. The lowest BCUT2D eigenvalue weighted by molar-refractivity contribution is 0.510. The van der Waals surface area contributed by atoms with Gasteiger partial charge in [0.1, 0.15) is 0 Å². The molecule has 0 spiro atoms. The molecule has 0 amide bonds. The van der Waals surface area contributed by atoms with Crippen LogP contribution >= 0.6 is 0 Å². The molecule has 31 heavy (non-hydrogen) atoms. The van der Waals surface area contributed by atoms with E-state index in [1.807, 2.05) is 0 Å². The summed E-state index contributed by atoms with van der Waals surface area (Å²) in [7, 11) is 0. The minimum atomic E-state index is 0.648. The maximum atomic E-state index is 4.07. The summed E-state index contributed by atoms with van der Waals surface area (Å²) < 4.78 is 0. The fourth-order valence-corrected chi connectivity index (χ4v) is 4.81. The fourth-order valence-electron chi connectivity index (χ4n) is 4.81. The van der Waals surface area contributed by atoms with Gasteiger partial charge in [-0.1, -0.05) is 194 Å². The van der Waals surface area contributed by atoms with Crippen LogP contribution < -0.4 is 0 Å².